The van der Waals surface area contributed by atoms with E-state index in [4.69, 9.17) is 16.0 Å². The van der Waals surface area contributed by atoms with Gasteiger partial charge in [0.2, 0.25) is 5.78 Å². The molecule has 1 heterocycles. The van der Waals surface area contributed by atoms with Gasteiger partial charge in [0.1, 0.15) is 0 Å². The molecule has 0 unspecified atom stereocenters. The Morgan fingerprint density at radius 1 is 1.39 bits per heavy atom. The number of nitrogens with one attached hydrogen (secondary N) is 1. The minimum absolute atomic E-state index is 0.198. The molecule has 2 rings (SSSR count). The summed E-state index contributed by atoms with van der Waals surface area (Å²) in [7, 11) is 0. The zero-order chi connectivity index (χ0) is 13.0. The van der Waals surface area contributed by atoms with Crippen molar-refractivity contribution in [3.8, 4) is 0 Å². The van der Waals surface area contributed by atoms with E-state index < -0.39 is 0 Å². The average Bonchev–Trinajstić information content (AvgIpc) is 2.87. The maximum atomic E-state index is 11.6. The zero-order valence-corrected chi connectivity index (χ0v) is 11.5. The van der Waals surface area contributed by atoms with Gasteiger partial charge in [0, 0.05) is 22.4 Å². The third-order valence-corrected chi connectivity index (χ3v) is 3.40. The van der Waals surface area contributed by atoms with Crippen molar-refractivity contribution < 1.29 is 9.21 Å². The van der Waals surface area contributed by atoms with Gasteiger partial charge in [-0.2, -0.15) is 0 Å². The second-order valence-electron chi connectivity index (χ2n) is 3.45. The highest BCUT2D eigenvalue weighted by molar-refractivity contribution is 9.10. The SMILES string of the molecule is O=C(/C=C/Nc1ccc(Br)c(Cl)c1)c1ccco1. The molecule has 5 heteroatoms. The van der Waals surface area contributed by atoms with Crippen molar-refractivity contribution in [2.75, 3.05) is 5.32 Å². The van der Waals surface area contributed by atoms with Crippen LogP contribution in [0.3, 0.4) is 0 Å². The molecule has 3 nitrogen and oxygen atoms in total. The molecule has 18 heavy (non-hydrogen) atoms. The Bertz CT molecular complexity index is 579. The van der Waals surface area contributed by atoms with Gasteiger partial charge in [0.25, 0.3) is 0 Å². The third-order valence-electron chi connectivity index (χ3n) is 2.17. The van der Waals surface area contributed by atoms with Crippen molar-refractivity contribution >= 4 is 39.0 Å². The highest BCUT2D eigenvalue weighted by Crippen LogP contribution is 2.25. The van der Waals surface area contributed by atoms with Gasteiger partial charge in [-0.05, 0) is 46.3 Å². The van der Waals surface area contributed by atoms with Crippen LogP contribution >= 0.6 is 27.5 Å². The highest BCUT2D eigenvalue weighted by Gasteiger charge is 2.03. The standard InChI is InChI=1S/C13H9BrClNO2/c14-10-4-3-9(8-11(10)15)16-6-5-12(17)13-2-1-7-18-13/h1-8,16H/b6-5+. The third kappa shape index (κ3) is 3.24. The molecule has 0 spiro atoms. The second-order valence-corrected chi connectivity index (χ2v) is 4.71. The fraction of sp³-hybridized carbons (Fsp3) is 0. The van der Waals surface area contributed by atoms with E-state index in [1.54, 1.807) is 24.4 Å². The summed E-state index contributed by atoms with van der Waals surface area (Å²) in [6.45, 7) is 0. The zero-order valence-electron chi connectivity index (χ0n) is 9.19. The molecule has 1 aromatic carbocycles. The van der Waals surface area contributed by atoms with Crippen LogP contribution in [-0.2, 0) is 0 Å². The largest absolute Gasteiger partial charge is 0.461 e. The van der Waals surface area contributed by atoms with Crippen molar-refractivity contribution in [2.45, 2.75) is 0 Å². The van der Waals surface area contributed by atoms with Gasteiger partial charge in [0.05, 0.1) is 11.3 Å². The van der Waals surface area contributed by atoms with E-state index >= 15 is 0 Å². The topological polar surface area (TPSA) is 42.2 Å². The van der Waals surface area contributed by atoms with Crippen LogP contribution in [0.5, 0.6) is 0 Å². The van der Waals surface area contributed by atoms with Crippen LogP contribution in [-0.4, -0.2) is 5.78 Å². The van der Waals surface area contributed by atoms with Gasteiger partial charge in [0.15, 0.2) is 5.76 Å². The number of carbonyl (C=O) groups is 1. The molecule has 0 amide bonds. The summed E-state index contributed by atoms with van der Waals surface area (Å²) in [5.41, 5.74) is 0.798. The first-order valence-electron chi connectivity index (χ1n) is 5.13. The summed E-state index contributed by atoms with van der Waals surface area (Å²) in [6.07, 6.45) is 4.40. The summed E-state index contributed by atoms with van der Waals surface area (Å²) in [5, 5.41) is 3.56. The molecule has 0 saturated carbocycles. The fourth-order valence-electron chi connectivity index (χ4n) is 1.30. The Morgan fingerprint density at radius 2 is 2.22 bits per heavy atom. The van der Waals surface area contributed by atoms with E-state index in [-0.39, 0.29) is 5.78 Å². The Kier molecular flexibility index (Phi) is 4.23. The van der Waals surface area contributed by atoms with Crippen molar-refractivity contribution in [1.29, 1.82) is 0 Å². The number of ketones is 1. The molecule has 0 fully saturated rings. The molecule has 0 saturated heterocycles. The van der Waals surface area contributed by atoms with Crippen LogP contribution in [0.1, 0.15) is 10.6 Å². The predicted octanol–water partition coefficient (Wildman–Crippen LogP) is 4.50. The number of anilines is 1. The van der Waals surface area contributed by atoms with Gasteiger partial charge in [-0.3, -0.25) is 4.79 Å². The van der Waals surface area contributed by atoms with E-state index in [9.17, 15) is 4.79 Å². The Balaban J connectivity index is 1.99. The first-order chi connectivity index (χ1) is 8.66. The minimum atomic E-state index is -0.198. The molecule has 1 aromatic heterocycles. The van der Waals surface area contributed by atoms with Gasteiger partial charge >= 0.3 is 0 Å². The first kappa shape index (κ1) is 12.9. The first-order valence-corrected chi connectivity index (χ1v) is 6.30. The maximum absolute atomic E-state index is 11.6. The normalized spacial score (nSPS) is 10.8. The number of carbonyl (C=O) groups excluding carboxylic acids is 1. The molecule has 1 N–H and O–H groups in total. The van der Waals surface area contributed by atoms with Crippen molar-refractivity contribution in [1.82, 2.24) is 0 Å². The highest BCUT2D eigenvalue weighted by atomic mass is 79.9. The number of allylic oxidation sites excluding steroid dienone is 1. The summed E-state index contributed by atoms with van der Waals surface area (Å²) in [4.78, 5) is 11.6. The number of benzene rings is 1. The summed E-state index contributed by atoms with van der Waals surface area (Å²) >= 11 is 9.25. The van der Waals surface area contributed by atoms with Crippen molar-refractivity contribution in [3.63, 3.8) is 0 Å². The molecular weight excluding hydrogens is 318 g/mol. The Hall–Kier alpha value is -1.52. The van der Waals surface area contributed by atoms with Gasteiger partial charge < -0.3 is 9.73 Å². The molecule has 0 bridgehead atoms. The smallest absolute Gasteiger partial charge is 0.222 e. The number of hydrogen-bond acceptors (Lipinski definition) is 3. The summed E-state index contributed by atoms with van der Waals surface area (Å²) in [6, 6.07) is 8.71. The molecule has 2 aromatic rings. The Morgan fingerprint density at radius 3 is 2.89 bits per heavy atom. The van der Waals surface area contributed by atoms with E-state index in [0.29, 0.717) is 10.8 Å². The minimum Gasteiger partial charge on any atom is -0.461 e. The lowest BCUT2D eigenvalue weighted by atomic mass is 10.3. The van der Waals surface area contributed by atoms with E-state index in [0.717, 1.165) is 10.2 Å². The van der Waals surface area contributed by atoms with Crippen molar-refractivity contribution in [2.24, 2.45) is 0 Å². The second kappa shape index (κ2) is 5.89. The molecule has 0 aliphatic rings. The van der Waals surface area contributed by atoms with Crippen LogP contribution in [0.2, 0.25) is 5.02 Å². The van der Waals surface area contributed by atoms with Crippen LogP contribution in [0.15, 0.2) is 57.8 Å². The monoisotopic (exact) mass is 325 g/mol. The summed E-state index contributed by atoms with van der Waals surface area (Å²) in [5.74, 6) is 0.109. The lowest BCUT2D eigenvalue weighted by Crippen LogP contribution is -1.94. The quantitative estimate of drug-likeness (QED) is 0.664. The predicted molar refractivity (Wildman–Crippen MR) is 75.0 cm³/mol. The number of furan rings is 1. The molecule has 0 radical (unpaired) electrons. The fourth-order valence-corrected chi connectivity index (χ4v) is 1.73. The number of rotatable bonds is 4. The van der Waals surface area contributed by atoms with Gasteiger partial charge in [-0.15, -0.1) is 0 Å². The molecule has 0 atom stereocenters. The maximum Gasteiger partial charge on any atom is 0.222 e. The molecule has 92 valence electrons. The van der Waals surface area contributed by atoms with E-state index in [1.807, 2.05) is 12.1 Å². The van der Waals surface area contributed by atoms with Crippen LogP contribution in [0, 0.1) is 0 Å². The van der Waals surface area contributed by atoms with E-state index in [2.05, 4.69) is 21.2 Å². The van der Waals surface area contributed by atoms with Crippen LogP contribution in [0.4, 0.5) is 5.69 Å². The molecule has 0 aliphatic heterocycles. The molecule has 0 aliphatic carbocycles. The lowest BCUT2D eigenvalue weighted by molar-refractivity contribution is 0.102. The van der Waals surface area contributed by atoms with Crippen LogP contribution in [0.25, 0.3) is 0 Å². The summed E-state index contributed by atoms with van der Waals surface area (Å²) < 4.78 is 5.80. The number of hydrogen-bond donors (Lipinski definition) is 1. The van der Waals surface area contributed by atoms with Crippen molar-refractivity contribution in [3.05, 3.63) is 64.1 Å². The van der Waals surface area contributed by atoms with Crippen LogP contribution < -0.4 is 5.32 Å². The van der Waals surface area contributed by atoms with Gasteiger partial charge in [-0.1, -0.05) is 11.6 Å². The Labute approximate surface area is 118 Å². The molecular formula is C13H9BrClNO2. The van der Waals surface area contributed by atoms with E-state index in [1.165, 1.54) is 12.3 Å². The lowest BCUT2D eigenvalue weighted by Gasteiger charge is -2.02. The average molecular weight is 327 g/mol. The number of halogens is 2. The van der Waals surface area contributed by atoms with Gasteiger partial charge in [-0.25, -0.2) is 0 Å².